The summed E-state index contributed by atoms with van der Waals surface area (Å²) in [7, 11) is 0. The third-order valence-electron chi connectivity index (χ3n) is 4.04. The smallest absolute Gasteiger partial charge is 0.323 e. The molecule has 0 aliphatic carbocycles. The van der Waals surface area contributed by atoms with Crippen molar-refractivity contribution in [3.8, 4) is 0 Å². The maximum atomic E-state index is 13.4. The number of carboxylic acids is 1. The van der Waals surface area contributed by atoms with E-state index >= 15 is 0 Å². The van der Waals surface area contributed by atoms with Gasteiger partial charge >= 0.3 is 5.97 Å². The SMILES string of the molecule is Cc1ccc(NC(=O)CN2CCCC2(C)C(=O)O)cc1F. The molecule has 1 fully saturated rings. The zero-order valence-corrected chi connectivity index (χ0v) is 12.1. The molecular weight excluding hydrogens is 275 g/mol. The summed E-state index contributed by atoms with van der Waals surface area (Å²) < 4.78 is 13.4. The van der Waals surface area contributed by atoms with Gasteiger partial charge in [-0.2, -0.15) is 0 Å². The van der Waals surface area contributed by atoms with Gasteiger partial charge < -0.3 is 10.4 Å². The zero-order valence-electron chi connectivity index (χ0n) is 12.1. The summed E-state index contributed by atoms with van der Waals surface area (Å²) in [4.78, 5) is 25.0. The lowest BCUT2D eigenvalue weighted by atomic mass is 9.99. The number of carboxylic acid groups (broad SMARTS) is 1. The summed E-state index contributed by atoms with van der Waals surface area (Å²) in [5, 5.41) is 11.9. The van der Waals surface area contributed by atoms with Gasteiger partial charge in [0.05, 0.1) is 6.54 Å². The number of carbonyl (C=O) groups excluding carboxylic acids is 1. The van der Waals surface area contributed by atoms with Gasteiger partial charge in [-0.1, -0.05) is 6.07 Å². The molecule has 0 spiro atoms. The number of hydrogen-bond donors (Lipinski definition) is 2. The van der Waals surface area contributed by atoms with E-state index in [1.165, 1.54) is 6.07 Å². The van der Waals surface area contributed by atoms with E-state index in [0.717, 1.165) is 6.42 Å². The van der Waals surface area contributed by atoms with Gasteiger partial charge in [0, 0.05) is 5.69 Å². The Labute approximate surface area is 122 Å². The molecule has 1 aromatic carbocycles. The van der Waals surface area contributed by atoms with E-state index in [-0.39, 0.29) is 18.3 Å². The van der Waals surface area contributed by atoms with Crippen molar-refractivity contribution in [3.05, 3.63) is 29.6 Å². The second-order valence-electron chi connectivity index (χ2n) is 5.62. The monoisotopic (exact) mass is 294 g/mol. The van der Waals surface area contributed by atoms with E-state index in [0.29, 0.717) is 24.2 Å². The minimum absolute atomic E-state index is 0.0156. The molecule has 0 saturated carbocycles. The van der Waals surface area contributed by atoms with Crippen LogP contribution in [0.4, 0.5) is 10.1 Å². The summed E-state index contributed by atoms with van der Waals surface area (Å²) in [6.45, 7) is 3.82. The highest BCUT2D eigenvalue weighted by molar-refractivity contribution is 5.93. The number of aliphatic carboxylic acids is 1. The van der Waals surface area contributed by atoms with Crippen LogP contribution in [0.15, 0.2) is 18.2 Å². The van der Waals surface area contributed by atoms with E-state index in [4.69, 9.17) is 0 Å². The first-order chi connectivity index (χ1) is 9.83. The molecule has 1 heterocycles. The number of anilines is 1. The highest BCUT2D eigenvalue weighted by atomic mass is 19.1. The normalized spacial score (nSPS) is 22.2. The Balaban J connectivity index is 2.01. The largest absolute Gasteiger partial charge is 0.480 e. The van der Waals surface area contributed by atoms with Crippen LogP contribution in [0, 0.1) is 12.7 Å². The van der Waals surface area contributed by atoms with Gasteiger partial charge in [0.15, 0.2) is 0 Å². The minimum atomic E-state index is -1.00. The second kappa shape index (κ2) is 5.81. The number of nitrogens with zero attached hydrogens (tertiary/aromatic N) is 1. The van der Waals surface area contributed by atoms with Crippen LogP contribution in [0.5, 0.6) is 0 Å². The van der Waals surface area contributed by atoms with E-state index < -0.39 is 11.5 Å². The van der Waals surface area contributed by atoms with Gasteiger partial charge in [-0.05, 0) is 50.9 Å². The molecule has 0 bridgehead atoms. The molecule has 0 aromatic heterocycles. The lowest BCUT2D eigenvalue weighted by Gasteiger charge is -2.30. The minimum Gasteiger partial charge on any atom is -0.480 e. The van der Waals surface area contributed by atoms with Crippen molar-refractivity contribution < 1.29 is 19.1 Å². The Morgan fingerprint density at radius 1 is 1.48 bits per heavy atom. The van der Waals surface area contributed by atoms with Crippen LogP contribution in [0.3, 0.4) is 0 Å². The third kappa shape index (κ3) is 3.21. The number of aryl methyl sites for hydroxylation is 1. The lowest BCUT2D eigenvalue weighted by Crippen LogP contribution is -2.50. The molecule has 5 nitrogen and oxygen atoms in total. The zero-order chi connectivity index (χ0) is 15.6. The van der Waals surface area contributed by atoms with Crippen molar-refractivity contribution in [2.45, 2.75) is 32.2 Å². The van der Waals surface area contributed by atoms with Crippen molar-refractivity contribution in [1.29, 1.82) is 0 Å². The van der Waals surface area contributed by atoms with Crippen molar-refractivity contribution in [1.82, 2.24) is 4.90 Å². The average Bonchev–Trinajstić information content (AvgIpc) is 2.77. The first-order valence-corrected chi connectivity index (χ1v) is 6.87. The number of likely N-dealkylation sites (tertiary alicyclic amines) is 1. The maximum absolute atomic E-state index is 13.4. The fourth-order valence-electron chi connectivity index (χ4n) is 2.56. The van der Waals surface area contributed by atoms with Gasteiger partial charge in [0.25, 0.3) is 0 Å². The molecule has 2 N–H and O–H groups in total. The van der Waals surface area contributed by atoms with Crippen LogP contribution < -0.4 is 5.32 Å². The Morgan fingerprint density at radius 2 is 2.19 bits per heavy atom. The number of hydrogen-bond acceptors (Lipinski definition) is 3. The number of rotatable bonds is 4. The fraction of sp³-hybridized carbons (Fsp3) is 0.467. The molecule has 1 aliphatic rings. The molecule has 1 saturated heterocycles. The topological polar surface area (TPSA) is 69.6 Å². The van der Waals surface area contributed by atoms with Crippen LogP contribution in [-0.4, -0.2) is 40.5 Å². The average molecular weight is 294 g/mol. The van der Waals surface area contributed by atoms with Crippen LogP contribution in [0.2, 0.25) is 0 Å². The lowest BCUT2D eigenvalue weighted by molar-refractivity contribution is -0.149. The molecule has 1 atom stereocenters. The number of carbonyl (C=O) groups is 2. The number of nitrogens with one attached hydrogen (secondary N) is 1. The first-order valence-electron chi connectivity index (χ1n) is 6.87. The maximum Gasteiger partial charge on any atom is 0.323 e. The van der Waals surface area contributed by atoms with Gasteiger partial charge in [0.1, 0.15) is 11.4 Å². The molecule has 1 unspecified atom stereocenters. The highest BCUT2D eigenvalue weighted by Crippen LogP contribution is 2.28. The van der Waals surface area contributed by atoms with Gasteiger partial charge in [0.2, 0.25) is 5.91 Å². The molecule has 21 heavy (non-hydrogen) atoms. The highest BCUT2D eigenvalue weighted by Gasteiger charge is 2.43. The van der Waals surface area contributed by atoms with Crippen LogP contribution in [0.1, 0.15) is 25.3 Å². The van der Waals surface area contributed by atoms with Crippen molar-refractivity contribution in [3.63, 3.8) is 0 Å². The summed E-state index contributed by atoms with van der Waals surface area (Å²) in [6, 6.07) is 4.46. The molecule has 6 heteroatoms. The van der Waals surface area contributed by atoms with E-state index in [9.17, 15) is 19.1 Å². The van der Waals surface area contributed by atoms with Crippen molar-refractivity contribution in [2.75, 3.05) is 18.4 Å². The third-order valence-corrected chi connectivity index (χ3v) is 4.04. The van der Waals surface area contributed by atoms with Crippen LogP contribution in [-0.2, 0) is 9.59 Å². The molecule has 1 aliphatic heterocycles. The van der Waals surface area contributed by atoms with E-state index in [2.05, 4.69) is 5.32 Å². The Hall–Kier alpha value is -1.95. The van der Waals surface area contributed by atoms with E-state index in [1.807, 2.05) is 0 Å². The summed E-state index contributed by atoms with van der Waals surface area (Å²) in [6.07, 6.45) is 1.27. The molecular formula is C15H19FN2O3. The van der Waals surface area contributed by atoms with Crippen LogP contribution in [0.25, 0.3) is 0 Å². The number of halogens is 1. The number of benzene rings is 1. The molecule has 114 valence electrons. The molecule has 0 radical (unpaired) electrons. The van der Waals surface area contributed by atoms with Crippen molar-refractivity contribution in [2.24, 2.45) is 0 Å². The molecule has 1 aromatic rings. The van der Waals surface area contributed by atoms with Gasteiger partial charge in [-0.3, -0.25) is 14.5 Å². The summed E-state index contributed by atoms with van der Waals surface area (Å²) in [5.74, 6) is -1.65. The Morgan fingerprint density at radius 3 is 2.81 bits per heavy atom. The van der Waals surface area contributed by atoms with Gasteiger partial charge in [-0.25, -0.2) is 4.39 Å². The summed E-state index contributed by atoms with van der Waals surface area (Å²) >= 11 is 0. The first kappa shape index (κ1) is 15.4. The summed E-state index contributed by atoms with van der Waals surface area (Å²) in [5.41, 5.74) is -0.124. The van der Waals surface area contributed by atoms with Crippen molar-refractivity contribution >= 4 is 17.6 Å². The fourth-order valence-corrected chi connectivity index (χ4v) is 2.56. The van der Waals surface area contributed by atoms with Gasteiger partial charge in [-0.15, -0.1) is 0 Å². The quantitative estimate of drug-likeness (QED) is 0.891. The Kier molecular flexibility index (Phi) is 4.27. The number of amides is 1. The Bertz CT molecular complexity index is 576. The van der Waals surface area contributed by atoms with E-state index in [1.54, 1.807) is 30.9 Å². The second-order valence-corrected chi connectivity index (χ2v) is 5.62. The predicted molar refractivity (Wildman–Crippen MR) is 76.6 cm³/mol. The molecule has 1 amide bonds. The predicted octanol–water partition coefficient (Wildman–Crippen LogP) is 2.01. The standard InChI is InChI=1S/C15H19FN2O3/c1-10-4-5-11(8-12(10)16)17-13(19)9-18-7-3-6-15(18,2)14(20)21/h4-5,8H,3,6-7,9H2,1-2H3,(H,17,19)(H,20,21). The van der Waals surface area contributed by atoms with Crippen LogP contribution >= 0.6 is 0 Å². The molecule has 2 rings (SSSR count).